The van der Waals surface area contributed by atoms with Gasteiger partial charge in [0.25, 0.3) is 0 Å². The summed E-state index contributed by atoms with van der Waals surface area (Å²) in [5.74, 6) is 0. The predicted octanol–water partition coefficient (Wildman–Crippen LogP) is 2.11. The average molecular weight is 152 g/mol. The fourth-order valence-electron chi connectivity index (χ4n) is 0.861. The highest BCUT2D eigenvalue weighted by Crippen LogP contribution is 2.25. The highest BCUT2D eigenvalue weighted by Gasteiger charge is 2.32. The highest BCUT2D eigenvalue weighted by molar-refractivity contribution is 4.80. The summed E-state index contributed by atoms with van der Waals surface area (Å²) < 4.78 is 27.3. The number of hydrogen-bond donors (Lipinski definition) is 0. The van der Waals surface area contributed by atoms with E-state index in [-0.39, 0.29) is 0 Å². The first kappa shape index (κ1) is 9.82. The van der Waals surface area contributed by atoms with Crippen LogP contribution in [0.3, 0.4) is 0 Å². The standard InChI is InChI=1S/C6H11FO.CH3F/c1-2-6(7)3-4-8-5-6;1-2/h2-5H2,1H3;1H3. The molecule has 0 amide bonds. The molecule has 0 bridgehead atoms. The van der Waals surface area contributed by atoms with Crippen molar-refractivity contribution < 1.29 is 13.5 Å². The fourth-order valence-corrected chi connectivity index (χ4v) is 0.861. The van der Waals surface area contributed by atoms with Crippen molar-refractivity contribution in [2.75, 3.05) is 20.4 Å². The minimum atomic E-state index is -0.986. The lowest BCUT2D eigenvalue weighted by molar-refractivity contribution is 0.109. The second kappa shape index (κ2) is 4.61. The Hall–Kier alpha value is -0.180. The monoisotopic (exact) mass is 152 g/mol. The van der Waals surface area contributed by atoms with Gasteiger partial charge in [-0.05, 0) is 6.42 Å². The zero-order valence-corrected chi connectivity index (χ0v) is 6.49. The number of ether oxygens (including phenoxy) is 1. The molecule has 0 aromatic rings. The first-order valence-electron chi connectivity index (χ1n) is 3.41. The first-order valence-corrected chi connectivity index (χ1v) is 3.41. The van der Waals surface area contributed by atoms with Crippen LogP contribution in [0.1, 0.15) is 19.8 Å². The molecule has 0 aliphatic carbocycles. The maximum atomic E-state index is 12.9. The smallest absolute Gasteiger partial charge is 0.136 e. The third kappa shape index (κ3) is 2.60. The van der Waals surface area contributed by atoms with Crippen LogP contribution in [-0.4, -0.2) is 26.1 Å². The maximum Gasteiger partial charge on any atom is 0.136 e. The molecular formula is C7H14F2O. The molecule has 0 aromatic heterocycles. The molecule has 0 aromatic carbocycles. The van der Waals surface area contributed by atoms with Crippen LogP contribution >= 0.6 is 0 Å². The summed E-state index contributed by atoms with van der Waals surface area (Å²) in [7, 11) is 0.500. The van der Waals surface area contributed by atoms with Gasteiger partial charge < -0.3 is 4.74 Å². The van der Waals surface area contributed by atoms with Gasteiger partial charge in [0.15, 0.2) is 0 Å². The van der Waals surface area contributed by atoms with Crippen LogP contribution in [0.15, 0.2) is 0 Å². The summed E-state index contributed by atoms with van der Waals surface area (Å²) in [4.78, 5) is 0. The molecule has 0 N–H and O–H groups in total. The molecule has 3 heteroatoms. The largest absolute Gasteiger partial charge is 0.378 e. The van der Waals surface area contributed by atoms with Gasteiger partial charge in [-0.1, -0.05) is 6.92 Å². The van der Waals surface area contributed by atoms with E-state index in [9.17, 15) is 8.78 Å². The van der Waals surface area contributed by atoms with Crippen molar-refractivity contribution in [1.82, 2.24) is 0 Å². The van der Waals surface area contributed by atoms with E-state index >= 15 is 0 Å². The van der Waals surface area contributed by atoms with Gasteiger partial charge in [-0.15, -0.1) is 0 Å². The third-order valence-electron chi connectivity index (χ3n) is 1.69. The van der Waals surface area contributed by atoms with E-state index in [2.05, 4.69) is 0 Å². The molecule has 1 aliphatic rings. The molecule has 0 saturated carbocycles. The summed E-state index contributed by atoms with van der Waals surface area (Å²) in [5.41, 5.74) is -0.986. The van der Waals surface area contributed by atoms with Crippen molar-refractivity contribution in [2.24, 2.45) is 0 Å². The first-order chi connectivity index (χ1) is 4.77. The Morgan fingerprint density at radius 2 is 2.10 bits per heavy atom. The lowest BCUT2D eigenvalue weighted by Crippen LogP contribution is -2.20. The molecule has 10 heavy (non-hydrogen) atoms. The Bertz CT molecular complexity index is 79.7. The van der Waals surface area contributed by atoms with Gasteiger partial charge in [-0.2, -0.15) is 0 Å². The quantitative estimate of drug-likeness (QED) is 0.559. The molecular weight excluding hydrogens is 138 g/mol. The van der Waals surface area contributed by atoms with Crippen molar-refractivity contribution in [3.63, 3.8) is 0 Å². The molecule has 0 spiro atoms. The van der Waals surface area contributed by atoms with Crippen LogP contribution < -0.4 is 0 Å². The summed E-state index contributed by atoms with van der Waals surface area (Å²) in [6, 6.07) is 0. The fraction of sp³-hybridized carbons (Fsp3) is 1.00. The molecule has 0 radical (unpaired) electrons. The minimum Gasteiger partial charge on any atom is -0.378 e. The third-order valence-corrected chi connectivity index (χ3v) is 1.69. The van der Waals surface area contributed by atoms with Gasteiger partial charge in [-0.3, -0.25) is 4.39 Å². The van der Waals surface area contributed by atoms with Crippen LogP contribution in [0, 0.1) is 0 Å². The Morgan fingerprint density at radius 1 is 1.50 bits per heavy atom. The SMILES string of the molecule is CCC1(F)CCOC1.CF. The molecule has 1 aliphatic heterocycles. The maximum absolute atomic E-state index is 12.9. The van der Waals surface area contributed by atoms with Gasteiger partial charge in [0, 0.05) is 13.0 Å². The molecule has 1 fully saturated rings. The Labute approximate surface area is 60.4 Å². The van der Waals surface area contributed by atoms with Crippen molar-refractivity contribution in [2.45, 2.75) is 25.4 Å². The molecule has 1 heterocycles. The van der Waals surface area contributed by atoms with Crippen molar-refractivity contribution in [3.05, 3.63) is 0 Å². The zero-order chi connectivity index (χ0) is 8.04. The Balaban J connectivity index is 0.000000371. The molecule has 62 valence electrons. The lowest BCUT2D eigenvalue weighted by Gasteiger charge is -2.12. The van der Waals surface area contributed by atoms with Gasteiger partial charge in [0.2, 0.25) is 0 Å². The number of rotatable bonds is 1. The highest BCUT2D eigenvalue weighted by atomic mass is 19.1. The van der Waals surface area contributed by atoms with E-state index in [0.29, 0.717) is 33.2 Å². The van der Waals surface area contributed by atoms with Crippen LogP contribution in [0.5, 0.6) is 0 Å². The van der Waals surface area contributed by atoms with Gasteiger partial charge in [0.1, 0.15) is 5.67 Å². The second-order valence-corrected chi connectivity index (χ2v) is 2.31. The van der Waals surface area contributed by atoms with Crippen molar-refractivity contribution in [3.8, 4) is 0 Å². The minimum absolute atomic E-state index is 0.309. The second-order valence-electron chi connectivity index (χ2n) is 2.31. The summed E-state index contributed by atoms with van der Waals surface area (Å²) in [6.45, 7) is 2.77. The van der Waals surface area contributed by atoms with E-state index in [4.69, 9.17) is 4.74 Å². The van der Waals surface area contributed by atoms with Crippen LogP contribution in [0.2, 0.25) is 0 Å². The number of alkyl halides is 2. The Kier molecular flexibility index (Phi) is 4.52. The average Bonchev–Trinajstić information content (AvgIpc) is 2.42. The Morgan fingerprint density at radius 3 is 2.30 bits per heavy atom. The van der Waals surface area contributed by atoms with E-state index in [1.165, 1.54) is 0 Å². The van der Waals surface area contributed by atoms with E-state index in [1.807, 2.05) is 6.92 Å². The summed E-state index contributed by atoms with van der Waals surface area (Å²) in [6.07, 6.45) is 1.18. The van der Waals surface area contributed by atoms with Crippen LogP contribution in [0.4, 0.5) is 8.78 Å². The molecule has 1 nitrogen and oxygen atoms in total. The predicted molar refractivity (Wildman–Crippen MR) is 36.6 cm³/mol. The number of hydrogen-bond acceptors (Lipinski definition) is 1. The normalized spacial score (nSPS) is 31.2. The molecule has 1 unspecified atom stereocenters. The molecule has 1 saturated heterocycles. The van der Waals surface area contributed by atoms with Gasteiger partial charge >= 0.3 is 0 Å². The van der Waals surface area contributed by atoms with Crippen LogP contribution in [0.25, 0.3) is 0 Å². The summed E-state index contributed by atoms with van der Waals surface area (Å²) >= 11 is 0. The van der Waals surface area contributed by atoms with E-state index in [1.54, 1.807) is 0 Å². The topological polar surface area (TPSA) is 9.23 Å². The van der Waals surface area contributed by atoms with Crippen molar-refractivity contribution in [1.29, 1.82) is 0 Å². The molecule has 1 rings (SSSR count). The van der Waals surface area contributed by atoms with Crippen molar-refractivity contribution >= 4 is 0 Å². The lowest BCUT2D eigenvalue weighted by atomic mass is 10.0. The van der Waals surface area contributed by atoms with Crippen LogP contribution in [-0.2, 0) is 4.74 Å². The van der Waals surface area contributed by atoms with Gasteiger partial charge in [0.05, 0.1) is 13.8 Å². The summed E-state index contributed by atoms with van der Waals surface area (Å²) in [5, 5.41) is 0. The van der Waals surface area contributed by atoms with E-state index < -0.39 is 5.67 Å². The zero-order valence-electron chi connectivity index (χ0n) is 6.49. The van der Waals surface area contributed by atoms with E-state index in [0.717, 1.165) is 0 Å². The molecule has 1 atom stereocenters. The van der Waals surface area contributed by atoms with Gasteiger partial charge in [-0.25, -0.2) is 4.39 Å². The number of halogens is 2.